The highest BCUT2D eigenvalue weighted by Crippen LogP contribution is 2.19. The average Bonchev–Trinajstić information content (AvgIpc) is 2.30. The van der Waals surface area contributed by atoms with Gasteiger partial charge in [0.05, 0.1) is 6.04 Å². The Bertz CT molecular complexity index is 479. The summed E-state index contributed by atoms with van der Waals surface area (Å²) in [5.74, 6) is 0. The van der Waals surface area contributed by atoms with Crippen molar-refractivity contribution in [1.82, 2.24) is 5.32 Å². The molecule has 1 atom stereocenters. The van der Waals surface area contributed by atoms with Gasteiger partial charge in [-0.25, -0.2) is 0 Å². The van der Waals surface area contributed by atoms with Crippen molar-refractivity contribution >= 4 is 17.1 Å². The summed E-state index contributed by atoms with van der Waals surface area (Å²) in [7, 11) is 1.79. The van der Waals surface area contributed by atoms with Gasteiger partial charge in [-0.05, 0) is 29.4 Å². The van der Waals surface area contributed by atoms with Crippen molar-refractivity contribution in [1.29, 1.82) is 0 Å². The van der Waals surface area contributed by atoms with Crippen molar-refractivity contribution in [2.75, 3.05) is 7.05 Å². The number of aldehydes is 1. The van der Waals surface area contributed by atoms with Crippen LogP contribution in [-0.2, 0) is 4.79 Å². The van der Waals surface area contributed by atoms with Crippen LogP contribution >= 0.6 is 0 Å². The van der Waals surface area contributed by atoms with Crippen molar-refractivity contribution < 1.29 is 4.79 Å². The summed E-state index contributed by atoms with van der Waals surface area (Å²) in [5.41, 5.74) is 1.01. The second kappa shape index (κ2) is 4.24. The molecule has 1 N–H and O–H groups in total. The Balaban J connectivity index is 2.50. The lowest BCUT2D eigenvalue weighted by Gasteiger charge is -2.09. The van der Waals surface area contributed by atoms with Gasteiger partial charge in [-0.2, -0.15) is 0 Å². The molecule has 0 amide bonds. The van der Waals surface area contributed by atoms with E-state index in [1.165, 1.54) is 5.39 Å². The van der Waals surface area contributed by atoms with Crippen LogP contribution in [0, 0.1) is 0 Å². The predicted molar refractivity (Wildman–Crippen MR) is 61.8 cm³/mol. The first-order valence-electron chi connectivity index (χ1n) is 4.96. The maximum Gasteiger partial charge on any atom is 0.141 e. The number of likely N-dealkylation sites (N-methyl/N-ethyl adjacent to an activating group) is 1. The second-order valence-electron chi connectivity index (χ2n) is 3.51. The molecule has 0 aliphatic carbocycles. The molecule has 2 heteroatoms. The number of nitrogens with one attached hydrogen (secondary N) is 1. The predicted octanol–water partition coefficient (Wildman–Crippen LogP) is 2.30. The lowest BCUT2D eigenvalue weighted by molar-refractivity contribution is -0.109. The highest BCUT2D eigenvalue weighted by Gasteiger charge is 2.06. The van der Waals surface area contributed by atoms with E-state index in [9.17, 15) is 4.79 Å². The van der Waals surface area contributed by atoms with Crippen LogP contribution in [-0.4, -0.2) is 13.3 Å². The first kappa shape index (κ1) is 9.87. The Kier molecular flexibility index (Phi) is 2.79. The van der Waals surface area contributed by atoms with E-state index < -0.39 is 0 Å². The minimum Gasteiger partial charge on any atom is -0.307 e. The summed E-state index contributed by atoms with van der Waals surface area (Å²) in [4.78, 5) is 10.8. The largest absolute Gasteiger partial charge is 0.307 e. The van der Waals surface area contributed by atoms with Gasteiger partial charge in [-0.3, -0.25) is 0 Å². The minimum atomic E-state index is -0.213. The van der Waals surface area contributed by atoms with Gasteiger partial charge in [0.2, 0.25) is 0 Å². The Labute approximate surface area is 88.9 Å². The SMILES string of the molecule is CNC(C=O)c1ccc2ccccc2c1. The summed E-state index contributed by atoms with van der Waals surface area (Å²) in [6, 6.07) is 14.0. The number of carbonyl (C=O) groups is 1. The van der Waals surface area contributed by atoms with Gasteiger partial charge < -0.3 is 10.1 Å². The molecule has 2 aromatic carbocycles. The van der Waals surface area contributed by atoms with E-state index in [2.05, 4.69) is 17.4 Å². The normalized spacial score (nSPS) is 12.6. The van der Waals surface area contributed by atoms with Gasteiger partial charge in [0.25, 0.3) is 0 Å². The maximum absolute atomic E-state index is 10.8. The van der Waals surface area contributed by atoms with Crippen molar-refractivity contribution in [2.45, 2.75) is 6.04 Å². The zero-order valence-electron chi connectivity index (χ0n) is 8.60. The van der Waals surface area contributed by atoms with Gasteiger partial charge >= 0.3 is 0 Å². The van der Waals surface area contributed by atoms with Gasteiger partial charge in [-0.1, -0.05) is 36.4 Å². The molecule has 0 aromatic heterocycles. The zero-order valence-corrected chi connectivity index (χ0v) is 8.60. The van der Waals surface area contributed by atoms with E-state index in [-0.39, 0.29) is 6.04 Å². The molecule has 0 aliphatic heterocycles. The standard InChI is InChI=1S/C13H13NO/c1-14-13(9-15)12-7-6-10-4-2-3-5-11(10)8-12/h2-9,13-14H,1H3. The lowest BCUT2D eigenvalue weighted by Crippen LogP contribution is -2.17. The first-order chi connectivity index (χ1) is 7.35. The highest BCUT2D eigenvalue weighted by atomic mass is 16.1. The summed E-state index contributed by atoms with van der Waals surface area (Å²) in [6.07, 6.45) is 0.921. The molecule has 0 saturated heterocycles. The smallest absolute Gasteiger partial charge is 0.141 e. The van der Waals surface area contributed by atoms with Crippen molar-refractivity contribution in [2.24, 2.45) is 0 Å². The third-order valence-corrected chi connectivity index (χ3v) is 2.58. The van der Waals surface area contributed by atoms with Crippen LogP contribution in [0.1, 0.15) is 11.6 Å². The van der Waals surface area contributed by atoms with Gasteiger partial charge in [0.15, 0.2) is 0 Å². The van der Waals surface area contributed by atoms with Crippen LogP contribution in [0.25, 0.3) is 10.8 Å². The Morgan fingerprint density at radius 3 is 2.53 bits per heavy atom. The van der Waals surface area contributed by atoms with Crippen LogP contribution in [0.5, 0.6) is 0 Å². The molecule has 2 rings (SSSR count). The topological polar surface area (TPSA) is 29.1 Å². The van der Waals surface area contributed by atoms with E-state index in [1.807, 2.05) is 30.3 Å². The second-order valence-corrected chi connectivity index (χ2v) is 3.51. The fourth-order valence-corrected chi connectivity index (χ4v) is 1.71. The Morgan fingerprint density at radius 1 is 1.13 bits per heavy atom. The quantitative estimate of drug-likeness (QED) is 0.768. The van der Waals surface area contributed by atoms with E-state index >= 15 is 0 Å². The monoisotopic (exact) mass is 199 g/mol. The Morgan fingerprint density at radius 2 is 1.87 bits per heavy atom. The third-order valence-electron chi connectivity index (χ3n) is 2.58. The highest BCUT2D eigenvalue weighted by molar-refractivity contribution is 5.83. The van der Waals surface area contributed by atoms with Gasteiger partial charge in [0, 0.05) is 0 Å². The average molecular weight is 199 g/mol. The molecule has 0 bridgehead atoms. The Hall–Kier alpha value is -1.67. The van der Waals surface area contributed by atoms with E-state index in [1.54, 1.807) is 7.05 Å². The van der Waals surface area contributed by atoms with Crippen LogP contribution in [0.4, 0.5) is 0 Å². The van der Waals surface area contributed by atoms with E-state index in [0.717, 1.165) is 17.2 Å². The van der Waals surface area contributed by atoms with Crippen LogP contribution in [0.2, 0.25) is 0 Å². The van der Waals surface area contributed by atoms with Gasteiger partial charge in [-0.15, -0.1) is 0 Å². The van der Waals surface area contributed by atoms with Crippen LogP contribution in [0.3, 0.4) is 0 Å². The van der Waals surface area contributed by atoms with Gasteiger partial charge in [0.1, 0.15) is 6.29 Å². The number of benzene rings is 2. The van der Waals surface area contributed by atoms with Crippen LogP contribution < -0.4 is 5.32 Å². The molecule has 1 unspecified atom stereocenters. The third kappa shape index (κ3) is 1.90. The molecule has 2 nitrogen and oxygen atoms in total. The van der Waals surface area contributed by atoms with Crippen molar-refractivity contribution in [3.63, 3.8) is 0 Å². The molecule has 0 heterocycles. The summed E-state index contributed by atoms with van der Waals surface area (Å²) in [5, 5.41) is 5.32. The summed E-state index contributed by atoms with van der Waals surface area (Å²) >= 11 is 0. The maximum atomic E-state index is 10.8. The molecule has 2 aromatic rings. The minimum absolute atomic E-state index is 0.213. The van der Waals surface area contributed by atoms with E-state index in [4.69, 9.17) is 0 Å². The van der Waals surface area contributed by atoms with Crippen molar-refractivity contribution in [3.8, 4) is 0 Å². The number of hydrogen-bond donors (Lipinski definition) is 1. The number of carbonyl (C=O) groups excluding carboxylic acids is 1. The molecule has 0 fully saturated rings. The fraction of sp³-hybridized carbons (Fsp3) is 0.154. The molecule has 0 radical (unpaired) electrons. The molecular formula is C13H13NO. The summed E-state index contributed by atoms with van der Waals surface area (Å²) in [6.45, 7) is 0. The van der Waals surface area contributed by atoms with E-state index in [0.29, 0.717) is 0 Å². The van der Waals surface area contributed by atoms with Crippen molar-refractivity contribution in [3.05, 3.63) is 48.0 Å². The van der Waals surface area contributed by atoms with Crippen LogP contribution in [0.15, 0.2) is 42.5 Å². The molecule has 15 heavy (non-hydrogen) atoms. The molecule has 0 spiro atoms. The molecule has 0 saturated carbocycles. The summed E-state index contributed by atoms with van der Waals surface area (Å²) < 4.78 is 0. The molecule has 76 valence electrons. The molecule has 0 aliphatic rings. The first-order valence-corrected chi connectivity index (χ1v) is 4.96. The number of rotatable bonds is 3. The molecular weight excluding hydrogens is 186 g/mol. The zero-order chi connectivity index (χ0) is 10.7. The number of hydrogen-bond acceptors (Lipinski definition) is 2. The lowest BCUT2D eigenvalue weighted by atomic mass is 10.0. The fourth-order valence-electron chi connectivity index (χ4n) is 1.71. The number of fused-ring (bicyclic) bond motifs is 1.